The van der Waals surface area contributed by atoms with Gasteiger partial charge >= 0.3 is 0 Å². The Morgan fingerprint density at radius 1 is 1.60 bits per heavy atom. The van der Waals surface area contributed by atoms with Crippen molar-refractivity contribution >= 4 is 22.4 Å². The summed E-state index contributed by atoms with van der Waals surface area (Å²) in [4.78, 5) is 16.3. The molecule has 2 aromatic rings. The number of carbonyl (C=O) groups is 1. The van der Waals surface area contributed by atoms with Gasteiger partial charge in [-0.15, -0.1) is 11.3 Å². The predicted molar refractivity (Wildman–Crippen MR) is 79.4 cm³/mol. The average Bonchev–Trinajstić information content (AvgIpc) is 3.08. The highest BCUT2D eigenvalue weighted by Gasteiger charge is 2.17. The topological polar surface area (TPSA) is 85.8 Å². The number of nitrogens with two attached hydrogens (primary N) is 1. The van der Waals surface area contributed by atoms with Crippen molar-refractivity contribution in [1.29, 1.82) is 0 Å². The summed E-state index contributed by atoms with van der Waals surface area (Å²) in [7, 11) is 0. The lowest BCUT2D eigenvalue weighted by molar-refractivity contribution is -0.124. The van der Waals surface area contributed by atoms with E-state index in [-0.39, 0.29) is 11.9 Å². The Morgan fingerprint density at radius 3 is 3.05 bits per heavy atom. The van der Waals surface area contributed by atoms with Crippen LogP contribution in [0, 0.1) is 0 Å². The van der Waals surface area contributed by atoms with Crippen LogP contribution in [0.15, 0.2) is 23.8 Å². The van der Waals surface area contributed by atoms with Crippen molar-refractivity contribution in [3.05, 3.63) is 29.5 Å². The Labute approximate surface area is 122 Å². The van der Waals surface area contributed by atoms with Gasteiger partial charge in [-0.05, 0) is 25.3 Å². The van der Waals surface area contributed by atoms with Crippen molar-refractivity contribution in [2.24, 2.45) is 0 Å². The van der Waals surface area contributed by atoms with E-state index in [1.54, 1.807) is 10.9 Å². The third kappa shape index (κ3) is 3.80. The summed E-state index contributed by atoms with van der Waals surface area (Å²) in [6, 6.07) is 1.59. The van der Waals surface area contributed by atoms with Gasteiger partial charge in [0.25, 0.3) is 0 Å². The SMILES string of the molecule is CC[C@H](C(=O)NCCCc1csc(N)n1)n1cccn1. The van der Waals surface area contributed by atoms with Gasteiger partial charge in [-0.3, -0.25) is 9.48 Å². The zero-order valence-corrected chi connectivity index (χ0v) is 12.3. The van der Waals surface area contributed by atoms with Gasteiger partial charge in [-0.1, -0.05) is 6.92 Å². The summed E-state index contributed by atoms with van der Waals surface area (Å²) in [6.45, 7) is 2.61. The zero-order chi connectivity index (χ0) is 14.4. The number of aromatic nitrogens is 3. The van der Waals surface area contributed by atoms with E-state index < -0.39 is 0 Å². The third-order valence-corrected chi connectivity index (χ3v) is 3.73. The molecule has 0 saturated heterocycles. The van der Waals surface area contributed by atoms with Crippen LogP contribution in [-0.4, -0.2) is 27.2 Å². The van der Waals surface area contributed by atoms with Gasteiger partial charge in [-0.2, -0.15) is 5.10 Å². The summed E-state index contributed by atoms with van der Waals surface area (Å²) in [5.41, 5.74) is 6.56. The van der Waals surface area contributed by atoms with Gasteiger partial charge in [0.1, 0.15) is 6.04 Å². The molecule has 0 unspecified atom stereocenters. The van der Waals surface area contributed by atoms with Gasteiger partial charge in [-0.25, -0.2) is 4.98 Å². The highest BCUT2D eigenvalue weighted by molar-refractivity contribution is 7.13. The normalized spacial score (nSPS) is 12.2. The van der Waals surface area contributed by atoms with Gasteiger partial charge in [0, 0.05) is 24.3 Å². The van der Waals surface area contributed by atoms with Gasteiger partial charge < -0.3 is 11.1 Å². The second-order valence-electron chi connectivity index (χ2n) is 4.48. The molecule has 3 N–H and O–H groups in total. The summed E-state index contributed by atoms with van der Waals surface area (Å²) >= 11 is 1.44. The Bertz CT molecular complexity index is 537. The number of nitrogen functional groups attached to an aromatic ring is 1. The largest absolute Gasteiger partial charge is 0.375 e. The van der Waals surface area contributed by atoms with Crippen LogP contribution in [0.3, 0.4) is 0 Å². The van der Waals surface area contributed by atoms with E-state index >= 15 is 0 Å². The molecule has 1 amide bonds. The highest BCUT2D eigenvalue weighted by Crippen LogP contribution is 2.12. The fourth-order valence-corrected chi connectivity index (χ4v) is 2.59. The van der Waals surface area contributed by atoms with Crippen LogP contribution in [0.2, 0.25) is 0 Å². The van der Waals surface area contributed by atoms with E-state index in [0.29, 0.717) is 11.7 Å². The lowest BCUT2D eigenvalue weighted by atomic mass is 10.2. The molecule has 0 aliphatic carbocycles. The number of hydrogen-bond acceptors (Lipinski definition) is 5. The first kappa shape index (κ1) is 14.5. The molecule has 7 heteroatoms. The molecule has 0 aromatic carbocycles. The van der Waals surface area contributed by atoms with Crippen LogP contribution in [0.1, 0.15) is 31.5 Å². The van der Waals surface area contributed by atoms with E-state index in [4.69, 9.17) is 5.73 Å². The number of thiazole rings is 1. The standard InChI is InChI=1S/C13H19N5OS/c1-2-11(18-8-4-7-16-18)12(19)15-6-3-5-10-9-20-13(14)17-10/h4,7-9,11H,2-3,5-6H2,1H3,(H2,14,17)(H,15,19)/t11-/m1/s1. The van der Waals surface area contributed by atoms with Gasteiger partial charge in [0.15, 0.2) is 5.13 Å². The van der Waals surface area contributed by atoms with E-state index in [2.05, 4.69) is 15.4 Å². The molecule has 0 radical (unpaired) electrons. The minimum atomic E-state index is -0.236. The van der Waals surface area contributed by atoms with E-state index in [0.717, 1.165) is 25.0 Å². The summed E-state index contributed by atoms with van der Waals surface area (Å²) in [5.74, 6) is 0.00833. The van der Waals surface area contributed by atoms with Crippen molar-refractivity contribution < 1.29 is 4.79 Å². The predicted octanol–water partition coefficient (Wildman–Crippen LogP) is 1.62. The summed E-state index contributed by atoms with van der Waals surface area (Å²) < 4.78 is 1.69. The second kappa shape index (κ2) is 7.04. The Morgan fingerprint density at radius 2 is 2.45 bits per heavy atom. The van der Waals surface area contributed by atoms with Crippen molar-refractivity contribution in [1.82, 2.24) is 20.1 Å². The molecule has 0 bridgehead atoms. The molecule has 0 spiro atoms. The number of rotatable bonds is 7. The first-order valence-corrected chi connectivity index (χ1v) is 7.55. The Kier molecular flexibility index (Phi) is 5.11. The van der Waals surface area contributed by atoms with Gasteiger partial charge in [0.05, 0.1) is 5.69 Å². The maximum atomic E-state index is 12.1. The zero-order valence-electron chi connectivity index (χ0n) is 11.5. The van der Waals surface area contributed by atoms with Crippen LogP contribution in [0.5, 0.6) is 0 Å². The molecular formula is C13H19N5OS. The van der Waals surface area contributed by atoms with Crippen molar-refractivity contribution in [3.8, 4) is 0 Å². The number of carbonyl (C=O) groups excluding carboxylic acids is 1. The molecule has 1 atom stereocenters. The van der Waals surface area contributed by atoms with Crippen LogP contribution in [-0.2, 0) is 11.2 Å². The average molecular weight is 293 g/mol. The minimum absolute atomic E-state index is 0.00833. The van der Waals surface area contributed by atoms with Crippen LogP contribution >= 0.6 is 11.3 Å². The van der Waals surface area contributed by atoms with Crippen molar-refractivity contribution in [2.45, 2.75) is 32.2 Å². The molecule has 6 nitrogen and oxygen atoms in total. The Balaban J connectivity index is 1.74. The van der Waals surface area contributed by atoms with E-state index in [1.807, 2.05) is 24.6 Å². The quantitative estimate of drug-likeness (QED) is 0.760. The maximum absolute atomic E-state index is 12.1. The fraction of sp³-hybridized carbons (Fsp3) is 0.462. The number of hydrogen-bond donors (Lipinski definition) is 2. The molecule has 2 rings (SSSR count). The molecular weight excluding hydrogens is 274 g/mol. The Hall–Kier alpha value is -1.89. The highest BCUT2D eigenvalue weighted by atomic mass is 32.1. The molecule has 0 aliphatic heterocycles. The van der Waals surface area contributed by atoms with Crippen LogP contribution < -0.4 is 11.1 Å². The molecule has 2 heterocycles. The second-order valence-corrected chi connectivity index (χ2v) is 5.37. The first-order valence-electron chi connectivity index (χ1n) is 6.67. The molecule has 108 valence electrons. The lowest BCUT2D eigenvalue weighted by Crippen LogP contribution is -2.33. The van der Waals surface area contributed by atoms with Crippen molar-refractivity contribution in [3.63, 3.8) is 0 Å². The first-order chi connectivity index (χ1) is 9.70. The lowest BCUT2D eigenvalue weighted by Gasteiger charge is -2.15. The van der Waals surface area contributed by atoms with E-state index in [1.165, 1.54) is 11.3 Å². The molecule has 20 heavy (non-hydrogen) atoms. The minimum Gasteiger partial charge on any atom is -0.375 e. The number of aryl methyl sites for hydroxylation is 1. The van der Waals surface area contributed by atoms with E-state index in [9.17, 15) is 4.79 Å². The summed E-state index contributed by atoms with van der Waals surface area (Å²) in [6.07, 6.45) is 5.89. The monoisotopic (exact) mass is 293 g/mol. The maximum Gasteiger partial charge on any atom is 0.244 e. The third-order valence-electron chi connectivity index (χ3n) is 3.01. The number of nitrogens with one attached hydrogen (secondary N) is 1. The smallest absolute Gasteiger partial charge is 0.244 e. The molecule has 0 fully saturated rings. The fourth-order valence-electron chi connectivity index (χ4n) is 1.99. The molecule has 2 aromatic heterocycles. The van der Waals surface area contributed by atoms with Crippen molar-refractivity contribution in [2.75, 3.05) is 12.3 Å². The molecule has 0 aliphatic rings. The van der Waals surface area contributed by atoms with Crippen LogP contribution in [0.25, 0.3) is 0 Å². The number of anilines is 1. The van der Waals surface area contributed by atoms with Crippen LogP contribution in [0.4, 0.5) is 5.13 Å². The molecule has 0 saturated carbocycles. The number of nitrogens with zero attached hydrogens (tertiary/aromatic N) is 3. The number of amides is 1. The summed E-state index contributed by atoms with van der Waals surface area (Å²) in [5, 5.41) is 9.61. The van der Waals surface area contributed by atoms with Gasteiger partial charge in [0.2, 0.25) is 5.91 Å².